The van der Waals surface area contributed by atoms with E-state index in [0.717, 1.165) is 0 Å². The predicted molar refractivity (Wildman–Crippen MR) is 74.9 cm³/mol. The number of rotatable bonds is 10. The summed E-state index contributed by atoms with van der Waals surface area (Å²) in [6.45, 7) is 0. The van der Waals surface area contributed by atoms with E-state index >= 15 is 0 Å². The highest BCUT2D eigenvalue weighted by molar-refractivity contribution is 7.70. The minimum atomic E-state index is -4.50. The average Bonchev–Trinajstić information content (AvgIpc) is 2.34. The molecule has 0 aromatic rings. The summed E-state index contributed by atoms with van der Waals surface area (Å²) in [6, 6.07) is 0. The van der Waals surface area contributed by atoms with Gasteiger partial charge in [0.15, 0.2) is 10.9 Å². The molecule has 0 aliphatic carbocycles. The van der Waals surface area contributed by atoms with Gasteiger partial charge in [-0.3, -0.25) is 9.13 Å². The Bertz CT molecular complexity index is 424. The smallest absolute Gasteiger partial charge is 0.373 e. The lowest BCUT2D eigenvalue weighted by Crippen LogP contribution is -2.00. The summed E-state index contributed by atoms with van der Waals surface area (Å²) in [7, 11) is -9.01. The molecule has 0 aliphatic heterocycles. The Morgan fingerprint density at radius 1 is 0.667 bits per heavy atom. The van der Waals surface area contributed by atoms with Gasteiger partial charge in [-0.2, -0.15) is 0 Å². The molecule has 21 heavy (non-hydrogen) atoms. The first-order valence-electron chi connectivity index (χ1n) is 6.17. The summed E-state index contributed by atoms with van der Waals surface area (Å²) in [5.41, 5.74) is -1.11. The van der Waals surface area contributed by atoms with E-state index in [2.05, 4.69) is 10.3 Å². The van der Waals surface area contributed by atoms with Crippen molar-refractivity contribution < 1.29 is 39.1 Å². The second-order valence-corrected chi connectivity index (χ2v) is 7.60. The zero-order valence-corrected chi connectivity index (χ0v) is 13.0. The van der Waals surface area contributed by atoms with Gasteiger partial charge in [0.2, 0.25) is 0 Å². The van der Waals surface area contributed by atoms with Gasteiger partial charge in [-0.25, -0.2) is 0 Å². The molecule has 0 saturated carbocycles. The van der Waals surface area contributed by atoms with Crippen molar-refractivity contribution in [3.05, 3.63) is 0 Å². The number of nitrogens with zero attached hydrogens (tertiary/aromatic N) is 2. The van der Waals surface area contributed by atoms with E-state index in [4.69, 9.17) is 30.0 Å². The van der Waals surface area contributed by atoms with Crippen LogP contribution in [-0.2, 0) is 9.13 Å². The van der Waals surface area contributed by atoms with Crippen LogP contribution in [0.5, 0.6) is 0 Å². The maximum atomic E-state index is 10.8. The van der Waals surface area contributed by atoms with Crippen LogP contribution in [0, 0.1) is 0 Å². The van der Waals surface area contributed by atoms with Crippen molar-refractivity contribution in [3.8, 4) is 0 Å². The lowest BCUT2D eigenvalue weighted by Gasteiger charge is -2.07. The van der Waals surface area contributed by atoms with Gasteiger partial charge in [-0.1, -0.05) is 29.6 Å². The second kappa shape index (κ2) is 9.30. The number of unbranched alkanes of at least 4 members (excludes halogenated alkanes) is 4. The normalized spacial score (nSPS) is 14.5. The lowest BCUT2D eigenvalue weighted by atomic mass is 10.1. The van der Waals surface area contributed by atoms with Gasteiger partial charge >= 0.3 is 15.2 Å². The fourth-order valence-corrected chi connectivity index (χ4v) is 2.74. The van der Waals surface area contributed by atoms with Gasteiger partial charge in [0, 0.05) is 12.8 Å². The third-order valence-electron chi connectivity index (χ3n) is 2.70. The molecule has 0 aromatic carbocycles. The molecule has 0 saturated heterocycles. The van der Waals surface area contributed by atoms with Gasteiger partial charge in [-0.15, -0.1) is 0 Å². The molecule has 6 N–H and O–H groups in total. The van der Waals surface area contributed by atoms with E-state index in [-0.39, 0.29) is 12.8 Å². The minimum Gasteiger partial charge on any atom is -0.410 e. The van der Waals surface area contributed by atoms with Gasteiger partial charge in [0.25, 0.3) is 0 Å². The van der Waals surface area contributed by atoms with Crippen LogP contribution in [0.15, 0.2) is 10.3 Å². The van der Waals surface area contributed by atoms with E-state index in [9.17, 15) is 9.13 Å². The van der Waals surface area contributed by atoms with Crippen LogP contribution >= 0.6 is 15.2 Å². The lowest BCUT2D eigenvalue weighted by molar-refractivity contribution is 0.314. The van der Waals surface area contributed by atoms with Crippen molar-refractivity contribution in [3.63, 3.8) is 0 Å². The van der Waals surface area contributed by atoms with Gasteiger partial charge in [0.1, 0.15) is 0 Å². The molecule has 0 bridgehead atoms. The van der Waals surface area contributed by atoms with Gasteiger partial charge in [0.05, 0.1) is 0 Å². The largest absolute Gasteiger partial charge is 0.410 e. The first-order chi connectivity index (χ1) is 9.62. The van der Waals surface area contributed by atoms with Crippen LogP contribution in [0.4, 0.5) is 0 Å². The molecular weight excluding hydrogens is 326 g/mol. The molecule has 0 rings (SSSR count). The fraction of sp³-hybridized carbons (Fsp3) is 0.778. The highest BCUT2D eigenvalue weighted by atomic mass is 31.2. The molecule has 0 heterocycles. The summed E-state index contributed by atoms with van der Waals surface area (Å²) in [5, 5.41) is 22.1. The summed E-state index contributed by atoms with van der Waals surface area (Å²) < 4.78 is 21.6. The maximum absolute atomic E-state index is 10.8. The van der Waals surface area contributed by atoms with Crippen LogP contribution in [0.1, 0.15) is 44.9 Å². The second-order valence-electron chi connectivity index (χ2n) is 4.39. The average molecular weight is 346 g/mol. The van der Waals surface area contributed by atoms with Crippen LogP contribution in [0.25, 0.3) is 0 Å². The molecule has 124 valence electrons. The highest BCUT2D eigenvalue weighted by Crippen LogP contribution is 2.39. The van der Waals surface area contributed by atoms with Crippen molar-refractivity contribution in [1.29, 1.82) is 0 Å². The zero-order chi connectivity index (χ0) is 16.5. The van der Waals surface area contributed by atoms with Crippen LogP contribution in [-0.4, -0.2) is 40.9 Å². The Morgan fingerprint density at radius 3 is 1.19 bits per heavy atom. The third-order valence-corrected chi connectivity index (χ3v) is 4.68. The Morgan fingerprint density at radius 2 is 0.952 bits per heavy atom. The molecule has 0 fully saturated rings. The number of oxime groups is 2. The molecule has 0 spiro atoms. The topological polar surface area (TPSA) is 180 Å². The molecule has 0 aliphatic rings. The van der Waals surface area contributed by atoms with E-state index in [1.165, 1.54) is 0 Å². The summed E-state index contributed by atoms with van der Waals surface area (Å²) in [5.74, 6) is 0. The number of hydrogen-bond donors (Lipinski definition) is 6. The van der Waals surface area contributed by atoms with Crippen molar-refractivity contribution in [1.82, 2.24) is 0 Å². The van der Waals surface area contributed by atoms with Crippen molar-refractivity contribution >= 4 is 26.1 Å². The van der Waals surface area contributed by atoms with Crippen molar-refractivity contribution in [2.45, 2.75) is 44.9 Å². The van der Waals surface area contributed by atoms with E-state index in [1.807, 2.05) is 0 Å². The Balaban J connectivity index is 3.85. The van der Waals surface area contributed by atoms with Gasteiger partial charge in [-0.05, 0) is 12.8 Å². The first-order valence-corrected chi connectivity index (χ1v) is 9.39. The molecule has 12 heteroatoms. The monoisotopic (exact) mass is 346 g/mol. The molecule has 0 aromatic heterocycles. The van der Waals surface area contributed by atoms with E-state index < -0.39 is 26.1 Å². The quantitative estimate of drug-likeness (QED) is 0.113. The Kier molecular flexibility index (Phi) is 8.96. The van der Waals surface area contributed by atoms with Crippen molar-refractivity contribution in [2.24, 2.45) is 10.3 Å². The van der Waals surface area contributed by atoms with Crippen LogP contribution in [0.3, 0.4) is 0 Å². The van der Waals surface area contributed by atoms with Crippen molar-refractivity contribution in [2.75, 3.05) is 0 Å². The Hall–Kier alpha value is -0.760. The Labute approximate surface area is 121 Å². The van der Waals surface area contributed by atoms with Gasteiger partial charge < -0.3 is 30.0 Å². The standard InChI is InChI=1S/C9H20N2O8P2/c12-10-8(20(14,15)16)6-4-2-1-3-5-7-9(11-13)21(17,18)19/h12-13H,1-7H2,(H2,14,15,16)(H2,17,18,19). The number of hydrogen-bond acceptors (Lipinski definition) is 6. The third kappa shape index (κ3) is 8.98. The zero-order valence-electron chi connectivity index (χ0n) is 11.2. The molecule has 0 radical (unpaired) electrons. The van der Waals surface area contributed by atoms with Crippen LogP contribution in [0.2, 0.25) is 0 Å². The van der Waals surface area contributed by atoms with E-state index in [0.29, 0.717) is 32.1 Å². The highest BCUT2D eigenvalue weighted by Gasteiger charge is 2.24. The molecule has 0 amide bonds. The minimum absolute atomic E-state index is 0.0212. The maximum Gasteiger partial charge on any atom is 0.373 e. The summed E-state index contributed by atoms with van der Waals surface area (Å²) in [6.07, 6.45) is 2.69. The summed E-state index contributed by atoms with van der Waals surface area (Å²) in [4.78, 5) is 35.2. The van der Waals surface area contributed by atoms with Crippen LogP contribution < -0.4 is 0 Å². The molecule has 0 atom stereocenters. The fourth-order valence-electron chi connectivity index (χ4n) is 1.60. The molecule has 0 unspecified atom stereocenters. The molecular formula is C9H20N2O8P2. The SMILES string of the molecule is O=P(O)(O)C(CCCCCCCC(=NO)P(=O)(O)O)=NO. The first kappa shape index (κ1) is 20.2. The molecule has 10 nitrogen and oxygen atoms in total. The van der Waals surface area contributed by atoms with E-state index in [1.54, 1.807) is 0 Å². The predicted octanol–water partition coefficient (Wildman–Crippen LogP) is 1.65. The summed E-state index contributed by atoms with van der Waals surface area (Å²) >= 11 is 0.